The second kappa shape index (κ2) is 13.4. The van der Waals surface area contributed by atoms with Crippen LogP contribution in [0.25, 0.3) is 6.08 Å². The Labute approximate surface area is 256 Å². The van der Waals surface area contributed by atoms with E-state index in [4.69, 9.17) is 13.7 Å². The number of carbonyl (C=O) groups is 3. The summed E-state index contributed by atoms with van der Waals surface area (Å²) in [6.07, 6.45) is 1.53. The average Bonchev–Trinajstić information content (AvgIpc) is 3.19. The number of benzene rings is 3. The van der Waals surface area contributed by atoms with Gasteiger partial charge in [-0.15, -0.1) is 0 Å². The van der Waals surface area contributed by atoms with Gasteiger partial charge in [-0.1, -0.05) is 17.7 Å². The summed E-state index contributed by atoms with van der Waals surface area (Å²) >= 11 is 4.15. The molecule has 4 rings (SSSR count). The number of nitrogens with one attached hydrogen (secondary N) is 1. The molecule has 220 valence electrons. The zero-order valence-electron chi connectivity index (χ0n) is 22.9. The number of nitrogens with zero attached hydrogens (tertiary/aromatic N) is 1. The van der Waals surface area contributed by atoms with Gasteiger partial charge in [0.05, 0.1) is 22.5 Å². The largest absolute Gasteiger partial charge is 0.492 e. The topological polar surface area (TPSA) is 128 Å². The highest BCUT2D eigenvalue weighted by atomic mass is 79.9. The van der Waals surface area contributed by atoms with Gasteiger partial charge in [0, 0.05) is 12.6 Å². The van der Waals surface area contributed by atoms with Crippen LogP contribution in [0.3, 0.4) is 0 Å². The quantitative estimate of drug-likeness (QED) is 0.192. The smallest absolute Gasteiger partial charge is 0.339 e. The third-order valence-electron chi connectivity index (χ3n) is 5.76. The van der Waals surface area contributed by atoms with Gasteiger partial charge in [-0.05, 0) is 102 Å². The van der Waals surface area contributed by atoms with Crippen LogP contribution in [0.15, 0.2) is 74.9 Å². The molecule has 1 aliphatic heterocycles. The predicted octanol–water partition coefficient (Wildman–Crippen LogP) is 6.00. The highest BCUT2D eigenvalue weighted by molar-refractivity contribution is 9.10. The van der Waals surface area contributed by atoms with Gasteiger partial charge in [-0.2, -0.15) is 8.42 Å². The van der Waals surface area contributed by atoms with Gasteiger partial charge >= 0.3 is 10.1 Å². The monoisotopic (exact) mass is 674 g/mol. The molecule has 0 radical (unpaired) electrons. The summed E-state index contributed by atoms with van der Waals surface area (Å²) in [6, 6.07) is 16.0. The van der Waals surface area contributed by atoms with E-state index in [-0.39, 0.29) is 51.4 Å². The number of hydrogen-bond donors (Lipinski definition) is 1. The van der Waals surface area contributed by atoms with Gasteiger partial charge in [0.15, 0.2) is 11.5 Å². The molecule has 1 heterocycles. The molecule has 0 unspecified atom stereocenters. The lowest BCUT2D eigenvalue weighted by Gasteiger charge is -2.15. The van der Waals surface area contributed by atoms with E-state index in [0.717, 1.165) is 22.2 Å². The Bertz CT molecular complexity index is 1640. The molecule has 1 aliphatic rings. The molecule has 0 aromatic heterocycles. The fraction of sp³-hybridized carbons (Fsp3) is 0.207. The molecule has 13 heteroatoms. The lowest BCUT2D eigenvalue weighted by molar-refractivity contribution is -0.123. The van der Waals surface area contributed by atoms with Crippen molar-refractivity contribution in [2.24, 2.45) is 0 Å². The molecule has 1 saturated heterocycles. The van der Waals surface area contributed by atoms with Crippen LogP contribution < -0.4 is 19.0 Å². The van der Waals surface area contributed by atoms with E-state index in [2.05, 4.69) is 21.2 Å². The maximum Gasteiger partial charge on any atom is 0.339 e. The summed E-state index contributed by atoms with van der Waals surface area (Å²) in [7, 11) is -4.27. The predicted molar refractivity (Wildman–Crippen MR) is 163 cm³/mol. The molecule has 0 spiro atoms. The Balaban J connectivity index is 1.50. The average molecular weight is 676 g/mol. The van der Waals surface area contributed by atoms with E-state index in [1.54, 1.807) is 13.0 Å². The highest BCUT2D eigenvalue weighted by Crippen LogP contribution is 2.40. The fourth-order valence-corrected chi connectivity index (χ4v) is 6.28. The van der Waals surface area contributed by atoms with Crippen molar-refractivity contribution in [3.8, 4) is 17.2 Å². The zero-order chi connectivity index (χ0) is 30.4. The first-order chi connectivity index (χ1) is 20.0. The van der Waals surface area contributed by atoms with E-state index >= 15 is 0 Å². The van der Waals surface area contributed by atoms with Gasteiger partial charge < -0.3 is 19.0 Å². The summed E-state index contributed by atoms with van der Waals surface area (Å²) in [5.74, 6) is -0.0763. The molecule has 10 nitrogen and oxygen atoms in total. The Morgan fingerprint density at radius 2 is 1.74 bits per heavy atom. The van der Waals surface area contributed by atoms with Crippen molar-refractivity contribution in [3.05, 3.63) is 81.2 Å². The SMILES string of the molecule is CCOc1cc(/C=C2\SC(=O)N(CCOc3ccc(C)cc3)C2=O)cc(Br)c1OS(=O)(=O)c1ccc(NC(C)=O)cc1. The summed E-state index contributed by atoms with van der Waals surface area (Å²) in [4.78, 5) is 38.0. The van der Waals surface area contributed by atoms with Crippen molar-refractivity contribution < 1.29 is 36.5 Å². The molecule has 0 bridgehead atoms. The molecule has 1 N–H and O–H groups in total. The first-order valence-corrected chi connectivity index (χ1v) is 15.7. The van der Waals surface area contributed by atoms with Crippen LogP contribution in [-0.4, -0.2) is 50.1 Å². The number of aryl methyl sites for hydroxylation is 1. The molecule has 42 heavy (non-hydrogen) atoms. The normalized spacial score (nSPS) is 14.3. The van der Waals surface area contributed by atoms with Crippen LogP contribution in [0.5, 0.6) is 17.2 Å². The number of imide groups is 1. The first kappa shape index (κ1) is 31.1. The minimum absolute atomic E-state index is 0.0821. The standard InChI is InChI=1S/C29H27BrN2O8S2/c1-4-38-25-16-20(15-24(30)27(25)40-42(36,37)23-11-7-21(8-12-23)31-19(3)33)17-26-28(34)32(29(35)41-26)13-14-39-22-9-5-18(2)6-10-22/h5-12,15-17H,4,13-14H2,1-3H3,(H,31,33)/b26-17-. The van der Waals surface area contributed by atoms with E-state index in [9.17, 15) is 22.8 Å². The highest BCUT2D eigenvalue weighted by Gasteiger charge is 2.35. The summed E-state index contributed by atoms with van der Waals surface area (Å²) < 4.78 is 43.0. The van der Waals surface area contributed by atoms with Gasteiger partial charge in [-0.25, -0.2) is 0 Å². The molecule has 3 amide bonds. The van der Waals surface area contributed by atoms with Gasteiger partial charge in [0.1, 0.15) is 17.3 Å². The van der Waals surface area contributed by atoms with Crippen LogP contribution in [0.1, 0.15) is 25.0 Å². The summed E-state index contributed by atoms with van der Waals surface area (Å²) in [5.41, 5.74) is 2.01. The van der Waals surface area contributed by atoms with E-state index < -0.39 is 21.3 Å². The Kier molecular flexibility index (Phi) is 9.97. The molecule has 0 aliphatic carbocycles. The van der Waals surface area contributed by atoms with Gasteiger partial charge in [0.2, 0.25) is 5.91 Å². The van der Waals surface area contributed by atoms with Crippen LogP contribution >= 0.6 is 27.7 Å². The number of carbonyl (C=O) groups excluding carboxylic acids is 3. The number of rotatable bonds is 11. The fourth-order valence-electron chi connectivity index (χ4n) is 3.81. The maximum absolute atomic E-state index is 13.0. The minimum Gasteiger partial charge on any atom is -0.492 e. The second-order valence-electron chi connectivity index (χ2n) is 9.00. The summed E-state index contributed by atoms with van der Waals surface area (Å²) in [5, 5.41) is 2.15. The molecular formula is C29H27BrN2O8S2. The third kappa shape index (κ3) is 7.72. The molecule has 0 atom stereocenters. The van der Waals surface area contributed by atoms with Crippen molar-refractivity contribution in [2.75, 3.05) is 25.1 Å². The van der Waals surface area contributed by atoms with E-state index in [1.165, 1.54) is 43.3 Å². The maximum atomic E-state index is 13.0. The van der Waals surface area contributed by atoms with Gasteiger partial charge in [-0.3, -0.25) is 19.3 Å². The minimum atomic E-state index is -4.27. The number of ether oxygens (including phenoxy) is 2. The lowest BCUT2D eigenvalue weighted by Crippen LogP contribution is -2.32. The Morgan fingerprint density at radius 3 is 2.38 bits per heavy atom. The summed E-state index contributed by atoms with van der Waals surface area (Å²) in [6.45, 7) is 5.47. The van der Waals surface area contributed by atoms with E-state index in [0.29, 0.717) is 17.0 Å². The number of anilines is 1. The number of amides is 3. The number of halogens is 1. The second-order valence-corrected chi connectivity index (χ2v) is 12.4. The van der Waals surface area contributed by atoms with Crippen molar-refractivity contribution >= 4 is 66.6 Å². The van der Waals surface area contributed by atoms with Crippen molar-refractivity contribution in [2.45, 2.75) is 25.7 Å². The third-order valence-corrected chi connectivity index (χ3v) is 8.50. The number of thioether (sulfide) groups is 1. The lowest BCUT2D eigenvalue weighted by atomic mass is 10.2. The number of hydrogen-bond acceptors (Lipinski definition) is 9. The van der Waals surface area contributed by atoms with E-state index in [1.807, 2.05) is 31.2 Å². The van der Waals surface area contributed by atoms with Crippen LogP contribution in [0.2, 0.25) is 0 Å². The van der Waals surface area contributed by atoms with Gasteiger partial charge in [0.25, 0.3) is 11.1 Å². The molecule has 3 aromatic rings. The zero-order valence-corrected chi connectivity index (χ0v) is 26.1. The molecule has 3 aromatic carbocycles. The Morgan fingerprint density at radius 1 is 1.05 bits per heavy atom. The van der Waals surface area contributed by atoms with Crippen molar-refractivity contribution in [1.82, 2.24) is 4.90 Å². The van der Waals surface area contributed by atoms with Crippen LogP contribution in [0, 0.1) is 6.92 Å². The molecular weight excluding hydrogens is 648 g/mol. The molecule has 1 fully saturated rings. The first-order valence-electron chi connectivity index (χ1n) is 12.7. The van der Waals surface area contributed by atoms with Crippen molar-refractivity contribution in [1.29, 1.82) is 0 Å². The van der Waals surface area contributed by atoms with Crippen molar-refractivity contribution in [3.63, 3.8) is 0 Å². The Hall–Kier alpha value is -3.81. The molecule has 0 saturated carbocycles. The van der Waals surface area contributed by atoms with Crippen LogP contribution in [0.4, 0.5) is 10.5 Å². The van der Waals surface area contributed by atoms with Crippen LogP contribution in [-0.2, 0) is 19.7 Å².